The fraction of sp³-hybridized carbons (Fsp3) is 0.231. The van der Waals surface area contributed by atoms with Gasteiger partial charge >= 0.3 is 0 Å². The van der Waals surface area contributed by atoms with Crippen LogP contribution in [0.1, 0.15) is 6.42 Å². The lowest BCUT2D eigenvalue weighted by Crippen LogP contribution is -2.05. The summed E-state index contributed by atoms with van der Waals surface area (Å²) >= 11 is 0. The highest BCUT2D eigenvalue weighted by atomic mass is 16.3. The van der Waals surface area contributed by atoms with Gasteiger partial charge in [0.05, 0.1) is 0 Å². The molecule has 0 aliphatic heterocycles. The van der Waals surface area contributed by atoms with Gasteiger partial charge < -0.3 is 14.8 Å². The molecule has 5 heteroatoms. The first kappa shape index (κ1) is 11.0. The number of fused-ring (bicyclic) bond motifs is 3. The number of benzene rings is 1. The summed E-state index contributed by atoms with van der Waals surface area (Å²) < 4.78 is 5.76. The first-order chi connectivity index (χ1) is 8.90. The SMILES string of the molecule is OCCCNc1ncnc2c1oc1ccccc12. The molecule has 0 unspecified atom stereocenters. The van der Waals surface area contributed by atoms with Crippen LogP contribution in [0.3, 0.4) is 0 Å². The van der Waals surface area contributed by atoms with Gasteiger partial charge in [-0.25, -0.2) is 9.97 Å². The molecule has 3 rings (SSSR count). The number of anilines is 1. The van der Waals surface area contributed by atoms with Gasteiger partial charge in [0.15, 0.2) is 11.4 Å². The zero-order chi connectivity index (χ0) is 12.4. The minimum absolute atomic E-state index is 0.154. The smallest absolute Gasteiger partial charge is 0.196 e. The fourth-order valence-corrected chi connectivity index (χ4v) is 1.94. The number of nitrogens with one attached hydrogen (secondary N) is 1. The molecule has 0 spiro atoms. The van der Waals surface area contributed by atoms with Crippen LogP contribution in [0.25, 0.3) is 22.1 Å². The molecule has 0 radical (unpaired) electrons. The van der Waals surface area contributed by atoms with Crippen molar-refractivity contribution in [2.45, 2.75) is 6.42 Å². The number of rotatable bonds is 4. The lowest BCUT2D eigenvalue weighted by molar-refractivity contribution is 0.292. The number of aliphatic hydroxyl groups is 1. The monoisotopic (exact) mass is 243 g/mol. The Kier molecular flexibility index (Phi) is 2.82. The van der Waals surface area contributed by atoms with Crippen LogP contribution in [-0.4, -0.2) is 28.2 Å². The van der Waals surface area contributed by atoms with Crippen molar-refractivity contribution in [3.8, 4) is 0 Å². The van der Waals surface area contributed by atoms with E-state index in [-0.39, 0.29) is 6.61 Å². The van der Waals surface area contributed by atoms with E-state index in [1.807, 2.05) is 24.3 Å². The molecule has 5 nitrogen and oxygen atoms in total. The third kappa shape index (κ3) is 1.78. The molecule has 2 heterocycles. The number of aliphatic hydroxyl groups excluding tert-OH is 1. The summed E-state index contributed by atoms with van der Waals surface area (Å²) in [6.45, 7) is 0.807. The summed E-state index contributed by atoms with van der Waals surface area (Å²) in [5, 5.41) is 12.9. The van der Waals surface area contributed by atoms with Gasteiger partial charge in [0.1, 0.15) is 17.4 Å². The molecule has 0 aliphatic rings. The molecule has 0 fully saturated rings. The highest BCUT2D eigenvalue weighted by molar-refractivity contribution is 6.05. The number of hydrogen-bond acceptors (Lipinski definition) is 5. The average Bonchev–Trinajstić information content (AvgIpc) is 2.79. The largest absolute Gasteiger partial charge is 0.450 e. The molecule has 1 aromatic carbocycles. The van der Waals surface area contributed by atoms with Crippen LogP contribution in [-0.2, 0) is 0 Å². The number of hydrogen-bond donors (Lipinski definition) is 2. The van der Waals surface area contributed by atoms with Crippen LogP contribution in [0.15, 0.2) is 35.0 Å². The van der Waals surface area contributed by atoms with E-state index >= 15 is 0 Å². The second-order valence-corrected chi connectivity index (χ2v) is 4.00. The van der Waals surface area contributed by atoms with Crippen molar-refractivity contribution in [3.63, 3.8) is 0 Å². The molecule has 0 atom stereocenters. The van der Waals surface area contributed by atoms with E-state index in [9.17, 15) is 0 Å². The molecule has 0 saturated carbocycles. The van der Waals surface area contributed by atoms with Gasteiger partial charge in [0, 0.05) is 18.5 Å². The fourth-order valence-electron chi connectivity index (χ4n) is 1.94. The summed E-state index contributed by atoms with van der Waals surface area (Å²) in [6, 6.07) is 7.77. The van der Waals surface area contributed by atoms with Gasteiger partial charge in [-0.1, -0.05) is 12.1 Å². The third-order valence-electron chi connectivity index (χ3n) is 2.79. The predicted molar refractivity (Wildman–Crippen MR) is 69.5 cm³/mol. The Bertz CT molecular complexity index is 678. The minimum atomic E-state index is 0.154. The first-order valence-corrected chi connectivity index (χ1v) is 5.87. The van der Waals surface area contributed by atoms with Crippen molar-refractivity contribution >= 4 is 27.9 Å². The molecule has 0 saturated heterocycles. The maximum atomic E-state index is 8.78. The van der Waals surface area contributed by atoms with Crippen LogP contribution in [0, 0.1) is 0 Å². The Hall–Kier alpha value is -2.14. The number of aromatic nitrogens is 2. The topological polar surface area (TPSA) is 71.2 Å². The van der Waals surface area contributed by atoms with Crippen molar-refractivity contribution in [1.29, 1.82) is 0 Å². The van der Waals surface area contributed by atoms with E-state index in [4.69, 9.17) is 9.52 Å². The maximum absolute atomic E-state index is 8.78. The van der Waals surface area contributed by atoms with Gasteiger partial charge in [-0.3, -0.25) is 0 Å². The number of furan rings is 1. The molecule has 0 aliphatic carbocycles. The molecule has 0 bridgehead atoms. The average molecular weight is 243 g/mol. The minimum Gasteiger partial charge on any atom is -0.450 e. The third-order valence-corrected chi connectivity index (χ3v) is 2.79. The molecule has 2 aromatic heterocycles. The van der Waals surface area contributed by atoms with Crippen LogP contribution in [0.5, 0.6) is 0 Å². The van der Waals surface area contributed by atoms with Crippen LogP contribution in [0.2, 0.25) is 0 Å². The normalized spacial score (nSPS) is 11.2. The van der Waals surface area contributed by atoms with E-state index in [1.54, 1.807) is 0 Å². The summed E-state index contributed by atoms with van der Waals surface area (Å²) in [7, 11) is 0. The highest BCUT2D eigenvalue weighted by Gasteiger charge is 2.11. The molecule has 2 N–H and O–H groups in total. The molecule has 18 heavy (non-hydrogen) atoms. The van der Waals surface area contributed by atoms with Gasteiger partial charge in [-0.2, -0.15) is 0 Å². The molecular weight excluding hydrogens is 230 g/mol. The molecule has 3 aromatic rings. The van der Waals surface area contributed by atoms with Gasteiger partial charge in [-0.05, 0) is 18.6 Å². The van der Waals surface area contributed by atoms with Gasteiger partial charge in [0.2, 0.25) is 0 Å². The van der Waals surface area contributed by atoms with Crippen LogP contribution >= 0.6 is 0 Å². The van der Waals surface area contributed by atoms with E-state index in [0.29, 0.717) is 24.4 Å². The predicted octanol–water partition coefficient (Wildman–Crippen LogP) is 2.17. The Morgan fingerprint density at radius 3 is 3.00 bits per heavy atom. The zero-order valence-electron chi connectivity index (χ0n) is 9.76. The van der Waals surface area contributed by atoms with E-state index < -0.39 is 0 Å². The maximum Gasteiger partial charge on any atom is 0.196 e. The standard InChI is InChI=1S/C13H13N3O2/c17-7-3-6-14-13-12-11(15-8-16-13)9-4-1-2-5-10(9)18-12/h1-2,4-5,8,17H,3,6-7H2,(H,14,15,16). The highest BCUT2D eigenvalue weighted by Crippen LogP contribution is 2.30. The molecule has 92 valence electrons. The second-order valence-electron chi connectivity index (χ2n) is 4.00. The summed E-state index contributed by atoms with van der Waals surface area (Å²) in [6.07, 6.45) is 2.19. The Morgan fingerprint density at radius 1 is 1.22 bits per heavy atom. The van der Waals surface area contributed by atoms with Crippen LogP contribution < -0.4 is 5.32 Å². The Balaban J connectivity index is 2.09. The van der Waals surface area contributed by atoms with Gasteiger partial charge in [-0.15, -0.1) is 0 Å². The quantitative estimate of drug-likeness (QED) is 0.687. The van der Waals surface area contributed by atoms with Crippen molar-refractivity contribution in [2.75, 3.05) is 18.5 Å². The summed E-state index contributed by atoms with van der Waals surface area (Å²) in [5.74, 6) is 0.671. The van der Waals surface area contributed by atoms with Crippen molar-refractivity contribution in [2.24, 2.45) is 0 Å². The molecular formula is C13H13N3O2. The van der Waals surface area contributed by atoms with Gasteiger partial charge in [0.25, 0.3) is 0 Å². The Morgan fingerprint density at radius 2 is 2.11 bits per heavy atom. The lowest BCUT2D eigenvalue weighted by atomic mass is 10.2. The van der Waals surface area contributed by atoms with E-state index in [2.05, 4.69) is 15.3 Å². The lowest BCUT2D eigenvalue weighted by Gasteiger charge is -2.03. The number of para-hydroxylation sites is 1. The first-order valence-electron chi connectivity index (χ1n) is 5.87. The summed E-state index contributed by atoms with van der Waals surface area (Å²) in [5.41, 5.74) is 2.28. The Labute approximate surface area is 103 Å². The zero-order valence-corrected chi connectivity index (χ0v) is 9.76. The van der Waals surface area contributed by atoms with Crippen molar-refractivity contribution in [1.82, 2.24) is 9.97 Å². The van der Waals surface area contributed by atoms with Crippen molar-refractivity contribution < 1.29 is 9.52 Å². The second kappa shape index (κ2) is 4.62. The van der Waals surface area contributed by atoms with Crippen LogP contribution in [0.4, 0.5) is 5.82 Å². The number of nitrogens with zero attached hydrogens (tertiary/aromatic N) is 2. The van der Waals surface area contributed by atoms with E-state index in [0.717, 1.165) is 16.5 Å². The van der Waals surface area contributed by atoms with Crippen molar-refractivity contribution in [3.05, 3.63) is 30.6 Å². The molecule has 0 amide bonds. The summed E-state index contributed by atoms with van der Waals surface area (Å²) in [4.78, 5) is 8.44. The van der Waals surface area contributed by atoms with E-state index in [1.165, 1.54) is 6.33 Å².